The molecule has 4 rings (SSSR count). The molecule has 1 aliphatic heterocycles. The van der Waals surface area contributed by atoms with Crippen molar-refractivity contribution in [1.82, 2.24) is 14.5 Å². The van der Waals surface area contributed by atoms with Crippen LogP contribution in [0.4, 0.5) is 10.2 Å². The summed E-state index contributed by atoms with van der Waals surface area (Å²) in [6.45, 7) is 1.82. The Hall–Kier alpha value is -2.97. The first-order chi connectivity index (χ1) is 12.5. The minimum atomic E-state index is -1.33. The van der Waals surface area contributed by atoms with E-state index in [2.05, 4.69) is 4.98 Å². The highest BCUT2D eigenvalue weighted by Gasteiger charge is 2.29. The number of anilines is 1. The van der Waals surface area contributed by atoms with Crippen molar-refractivity contribution in [3.05, 3.63) is 33.9 Å². The van der Waals surface area contributed by atoms with Crippen LogP contribution in [-0.2, 0) is 4.79 Å². The van der Waals surface area contributed by atoms with Gasteiger partial charge in [-0.1, -0.05) is 0 Å². The van der Waals surface area contributed by atoms with E-state index in [0.29, 0.717) is 31.8 Å². The molecule has 0 spiro atoms. The van der Waals surface area contributed by atoms with Crippen LogP contribution in [0.15, 0.2) is 17.1 Å². The molecule has 26 heavy (non-hydrogen) atoms. The van der Waals surface area contributed by atoms with Crippen LogP contribution in [0.2, 0.25) is 0 Å². The van der Waals surface area contributed by atoms with Crippen molar-refractivity contribution in [2.45, 2.75) is 18.9 Å². The molecular formula is C17H17FN4O4. The Morgan fingerprint density at radius 2 is 1.96 bits per heavy atom. The van der Waals surface area contributed by atoms with Gasteiger partial charge in [-0.3, -0.25) is 9.59 Å². The van der Waals surface area contributed by atoms with Crippen LogP contribution in [-0.4, -0.2) is 58.1 Å². The molecule has 0 radical (unpaired) electrons. The number of aromatic carboxylic acids is 1. The van der Waals surface area contributed by atoms with E-state index in [1.54, 1.807) is 14.4 Å². The molecule has 0 bridgehead atoms. The van der Waals surface area contributed by atoms with Gasteiger partial charge in [0.25, 0.3) is 0 Å². The lowest BCUT2D eigenvalue weighted by Gasteiger charge is -2.33. The van der Waals surface area contributed by atoms with Gasteiger partial charge < -0.3 is 19.5 Å². The summed E-state index contributed by atoms with van der Waals surface area (Å²) in [5, 5.41) is 9.24. The summed E-state index contributed by atoms with van der Waals surface area (Å²) in [5.41, 5.74) is -0.803. The fourth-order valence-electron chi connectivity index (χ4n) is 3.28. The summed E-state index contributed by atoms with van der Waals surface area (Å²) in [6, 6.07) is 1.16. The number of carbonyl (C=O) groups is 2. The maximum Gasteiger partial charge on any atom is 0.341 e. The Morgan fingerprint density at radius 1 is 1.27 bits per heavy atom. The molecule has 0 unspecified atom stereocenters. The Kier molecular flexibility index (Phi) is 3.86. The summed E-state index contributed by atoms with van der Waals surface area (Å²) in [6.07, 6.45) is 3.80. The van der Waals surface area contributed by atoms with Crippen LogP contribution in [0.1, 0.15) is 29.2 Å². The number of carbonyl (C=O) groups excluding carboxylic acids is 1. The largest absolute Gasteiger partial charge is 0.477 e. The lowest BCUT2D eigenvalue weighted by Crippen LogP contribution is -2.46. The number of carboxylic acids is 1. The highest BCUT2D eigenvalue weighted by Crippen LogP contribution is 2.37. The predicted octanol–water partition coefficient (Wildman–Crippen LogP) is 0.847. The number of hydrogen-bond donors (Lipinski definition) is 1. The number of pyridine rings is 2. The number of rotatable bonds is 4. The molecule has 3 heterocycles. The molecule has 1 N–H and O–H groups in total. The maximum atomic E-state index is 14.7. The molecule has 2 aromatic rings. The first kappa shape index (κ1) is 16.5. The van der Waals surface area contributed by atoms with Gasteiger partial charge in [-0.25, -0.2) is 14.2 Å². The zero-order valence-corrected chi connectivity index (χ0v) is 13.9. The van der Waals surface area contributed by atoms with Crippen LogP contribution in [0.5, 0.6) is 0 Å². The molecule has 1 amide bonds. The molecule has 8 nitrogen and oxygen atoms in total. The first-order valence-electron chi connectivity index (χ1n) is 8.42. The van der Waals surface area contributed by atoms with Crippen LogP contribution >= 0.6 is 0 Å². The minimum Gasteiger partial charge on any atom is -0.477 e. The van der Waals surface area contributed by atoms with E-state index in [4.69, 9.17) is 0 Å². The standard InChI is InChI=1S/C17H17FN4O4/c18-13-7-11-14(24)12(17(25)26)8-22(10-1-2-10)15(11)19-16(13)21-5-3-20(9-23)4-6-21/h7-10H,1-6H2,(H,25,26). The average Bonchev–Trinajstić information content (AvgIpc) is 3.47. The van der Waals surface area contributed by atoms with E-state index in [1.165, 1.54) is 6.20 Å². The molecular weight excluding hydrogens is 343 g/mol. The third-order valence-electron chi connectivity index (χ3n) is 4.87. The fourth-order valence-corrected chi connectivity index (χ4v) is 3.28. The molecule has 0 atom stereocenters. The predicted molar refractivity (Wildman–Crippen MR) is 91.0 cm³/mol. The third-order valence-corrected chi connectivity index (χ3v) is 4.87. The lowest BCUT2D eigenvalue weighted by molar-refractivity contribution is -0.118. The average molecular weight is 360 g/mol. The second kappa shape index (κ2) is 6.08. The van der Waals surface area contributed by atoms with Crippen molar-refractivity contribution in [2.24, 2.45) is 0 Å². The van der Waals surface area contributed by atoms with Crippen molar-refractivity contribution >= 4 is 29.2 Å². The number of nitrogens with zero attached hydrogens (tertiary/aromatic N) is 4. The van der Waals surface area contributed by atoms with E-state index >= 15 is 0 Å². The van der Waals surface area contributed by atoms with Crippen LogP contribution < -0.4 is 10.3 Å². The van der Waals surface area contributed by atoms with E-state index in [1.807, 2.05) is 0 Å². The maximum absolute atomic E-state index is 14.7. The number of aromatic nitrogens is 2. The summed E-state index contributed by atoms with van der Waals surface area (Å²) < 4.78 is 16.3. The first-order valence-corrected chi connectivity index (χ1v) is 8.42. The van der Waals surface area contributed by atoms with Gasteiger partial charge in [0.15, 0.2) is 11.6 Å². The summed E-state index contributed by atoms with van der Waals surface area (Å²) in [7, 11) is 0. The second-order valence-electron chi connectivity index (χ2n) is 6.61. The van der Waals surface area contributed by atoms with Crippen LogP contribution in [0.3, 0.4) is 0 Å². The molecule has 136 valence electrons. The van der Waals surface area contributed by atoms with Gasteiger partial charge in [0.05, 0.1) is 5.39 Å². The Labute approximate surface area is 147 Å². The highest BCUT2D eigenvalue weighted by molar-refractivity contribution is 5.92. The number of fused-ring (bicyclic) bond motifs is 1. The molecule has 0 aromatic carbocycles. The topological polar surface area (TPSA) is 95.7 Å². The molecule has 9 heteroatoms. The van der Waals surface area contributed by atoms with Crippen LogP contribution in [0, 0.1) is 5.82 Å². The van der Waals surface area contributed by atoms with E-state index < -0.39 is 17.2 Å². The number of halogens is 1. The van der Waals surface area contributed by atoms with Gasteiger partial charge in [0.2, 0.25) is 11.8 Å². The zero-order valence-electron chi connectivity index (χ0n) is 13.9. The van der Waals surface area contributed by atoms with Crippen molar-refractivity contribution < 1.29 is 19.1 Å². The molecule has 1 aliphatic carbocycles. The van der Waals surface area contributed by atoms with Gasteiger partial charge in [-0.2, -0.15) is 0 Å². The zero-order chi connectivity index (χ0) is 18.4. The summed E-state index contributed by atoms with van der Waals surface area (Å²) >= 11 is 0. The minimum absolute atomic E-state index is 0.0235. The van der Waals surface area contributed by atoms with Gasteiger partial charge in [0.1, 0.15) is 11.2 Å². The smallest absolute Gasteiger partial charge is 0.341 e. The quantitative estimate of drug-likeness (QED) is 0.812. The Balaban J connectivity index is 1.85. The molecule has 2 aliphatic rings. The van der Waals surface area contributed by atoms with E-state index in [9.17, 15) is 23.9 Å². The van der Waals surface area contributed by atoms with Gasteiger partial charge in [0, 0.05) is 38.4 Å². The SMILES string of the molecule is O=CN1CCN(c2nc3c(cc2F)c(=O)c(C(=O)O)cn3C2CC2)CC1. The van der Waals surface area contributed by atoms with E-state index in [0.717, 1.165) is 25.3 Å². The molecule has 2 aromatic heterocycles. The van der Waals surface area contributed by atoms with Crippen molar-refractivity contribution in [2.75, 3.05) is 31.1 Å². The number of amides is 1. The summed E-state index contributed by atoms with van der Waals surface area (Å²) in [4.78, 5) is 42.3. The number of piperazine rings is 1. The molecule has 1 saturated heterocycles. The normalized spacial score (nSPS) is 17.6. The van der Waals surface area contributed by atoms with E-state index in [-0.39, 0.29) is 22.8 Å². The molecule has 2 fully saturated rings. The lowest BCUT2D eigenvalue weighted by atomic mass is 10.1. The van der Waals surface area contributed by atoms with Crippen molar-refractivity contribution in [3.8, 4) is 0 Å². The second-order valence-corrected chi connectivity index (χ2v) is 6.61. The fraction of sp³-hybridized carbons (Fsp3) is 0.412. The van der Waals surface area contributed by atoms with Crippen LogP contribution in [0.25, 0.3) is 11.0 Å². The monoisotopic (exact) mass is 360 g/mol. The van der Waals surface area contributed by atoms with Crippen molar-refractivity contribution in [1.29, 1.82) is 0 Å². The Morgan fingerprint density at radius 3 is 2.54 bits per heavy atom. The van der Waals surface area contributed by atoms with Gasteiger partial charge in [-0.05, 0) is 18.9 Å². The summed E-state index contributed by atoms with van der Waals surface area (Å²) in [5.74, 6) is -1.88. The van der Waals surface area contributed by atoms with Crippen molar-refractivity contribution in [3.63, 3.8) is 0 Å². The Bertz CT molecular complexity index is 961. The molecule has 1 saturated carbocycles. The number of carboxylic acid groups (broad SMARTS) is 1. The highest BCUT2D eigenvalue weighted by atomic mass is 19.1. The van der Waals surface area contributed by atoms with Gasteiger partial charge >= 0.3 is 5.97 Å². The van der Waals surface area contributed by atoms with Gasteiger partial charge in [-0.15, -0.1) is 0 Å². The third kappa shape index (κ3) is 2.69. The number of hydrogen-bond acceptors (Lipinski definition) is 5.